The average molecular weight is 543 g/mol. The van der Waals surface area contributed by atoms with Gasteiger partial charge >= 0.3 is 12.1 Å². The summed E-state index contributed by atoms with van der Waals surface area (Å²) in [5.41, 5.74) is 2.80. The number of pyridine rings is 1. The van der Waals surface area contributed by atoms with Crippen molar-refractivity contribution in [3.63, 3.8) is 0 Å². The van der Waals surface area contributed by atoms with Gasteiger partial charge in [0.2, 0.25) is 0 Å². The van der Waals surface area contributed by atoms with Gasteiger partial charge in [-0.25, -0.2) is 8.78 Å². The molecule has 0 bridgehead atoms. The van der Waals surface area contributed by atoms with Gasteiger partial charge in [-0.15, -0.1) is 0 Å². The first-order valence-electron chi connectivity index (χ1n) is 12.0. The first-order chi connectivity index (χ1) is 18.5. The summed E-state index contributed by atoms with van der Waals surface area (Å²) in [6, 6.07) is 18.1. The Hall–Kier alpha value is -4.34. The third-order valence-electron chi connectivity index (χ3n) is 6.24. The summed E-state index contributed by atoms with van der Waals surface area (Å²) in [5, 5.41) is 11.8. The molecule has 0 spiro atoms. The van der Waals surface area contributed by atoms with Crippen LogP contribution in [0.2, 0.25) is 0 Å². The lowest BCUT2D eigenvalue weighted by molar-refractivity contribution is -0.137. The number of aromatic nitrogens is 1. The second kappa shape index (κ2) is 11.6. The van der Waals surface area contributed by atoms with Crippen LogP contribution in [0.25, 0.3) is 22.0 Å². The van der Waals surface area contributed by atoms with Crippen molar-refractivity contribution >= 4 is 22.8 Å². The number of hydrogen-bond acceptors (Lipinski definition) is 3. The molecule has 4 rings (SSSR count). The van der Waals surface area contributed by atoms with E-state index in [2.05, 4.69) is 10.3 Å². The van der Waals surface area contributed by atoms with Gasteiger partial charge in [-0.1, -0.05) is 30.3 Å². The maximum Gasteiger partial charge on any atom is 0.389 e. The number of amides is 1. The summed E-state index contributed by atoms with van der Waals surface area (Å²) in [7, 11) is 0. The fraction of sp³-hybridized carbons (Fsp3) is 0.207. The van der Waals surface area contributed by atoms with Crippen molar-refractivity contribution < 1.29 is 36.6 Å². The summed E-state index contributed by atoms with van der Waals surface area (Å²) >= 11 is 0. The Balaban J connectivity index is 1.61. The van der Waals surface area contributed by atoms with Gasteiger partial charge in [0.15, 0.2) is 11.6 Å². The van der Waals surface area contributed by atoms with E-state index < -0.39 is 42.0 Å². The van der Waals surface area contributed by atoms with Gasteiger partial charge in [-0.05, 0) is 65.6 Å². The van der Waals surface area contributed by atoms with Crippen molar-refractivity contribution in [3.8, 4) is 11.1 Å². The van der Waals surface area contributed by atoms with Gasteiger partial charge in [0.25, 0.3) is 5.91 Å². The second-order valence-corrected chi connectivity index (χ2v) is 9.00. The van der Waals surface area contributed by atoms with Crippen LogP contribution < -0.4 is 5.32 Å². The van der Waals surface area contributed by atoms with Crippen LogP contribution in [0.15, 0.2) is 72.8 Å². The molecule has 1 heterocycles. The van der Waals surface area contributed by atoms with E-state index in [1.165, 1.54) is 18.2 Å². The average Bonchev–Trinajstić information content (AvgIpc) is 2.89. The molecule has 4 aromatic rings. The Morgan fingerprint density at radius 1 is 0.872 bits per heavy atom. The van der Waals surface area contributed by atoms with Crippen molar-refractivity contribution in [2.75, 3.05) is 6.54 Å². The van der Waals surface area contributed by atoms with Gasteiger partial charge in [0, 0.05) is 35.5 Å². The molecular formula is C29H23F5N2O3. The number of halogens is 5. The van der Waals surface area contributed by atoms with Gasteiger partial charge in [0.1, 0.15) is 0 Å². The maximum absolute atomic E-state index is 13.7. The van der Waals surface area contributed by atoms with E-state index in [0.29, 0.717) is 33.3 Å². The first-order valence-corrected chi connectivity index (χ1v) is 12.0. The van der Waals surface area contributed by atoms with Crippen LogP contribution in [-0.4, -0.2) is 34.7 Å². The van der Waals surface area contributed by atoms with Gasteiger partial charge in [0.05, 0.1) is 11.9 Å². The van der Waals surface area contributed by atoms with Gasteiger partial charge in [-0.2, -0.15) is 13.2 Å². The summed E-state index contributed by atoms with van der Waals surface area (Å²) in [4.78, 5) is 27.5. The molecule has 0 aliphatic rings. The van der Waals surface area contributed by atoms with E-state index in [-0.39, 0.29) is 24.9 Å². The molecule has 2 N–H and O–H groups in total. The number of benzene rings is 3. The maximum atomic E-state index is 13.7. The molecule has 0 aliphatic carbocycles. The normalized spacial score (nSPS) is 12.3. The van der Waals surface area contributed by atoms with E-state index in [9.17, 15) is 31.5 Å². The zero-order valence-electron chi connectivity index (χ0n) is 20.4. The number of carboxylic acid groups (broad SMARTS) is 1. The van der Waals surface area contributed by atoms with E-state index >= 15 is 0 Å². The smallest absolute Gasteiger partial charge is 0.389 e. The number of fused-ring (bicyclic) bond motifs is 1. The number of rotatable bonds is 9. The van der Waals surface area contributed by atoms with Crippen molar-refractivity contribution in [2.24, 2.45) is 0 Å². The number of carbonyl (C=O) groups is 2. The summed E-state index contributed by atoms with van der Waals surface area (Å²) in [5.74, 6) is -4.19. The monoisotopic (exact) mass is 542 g/mol. The van der Waals surface area contributed by atoms with Crippen LogP contribution in [0, 0.1) is 11.6 Å². The standard InChI is InChI=1S/C29H23F5N2O3/c30-23-8-5-20(16-24(23)31)19-6-9-25-21(15-19)7-10-26(36-25)22(11-13-29(32,33)34)17-1-3-18(4-2-17)28(39)35-14-12-27(37)38/h1-10,15-16,22H,11-14H2,(H,35,39)(H,37,38). The minimum Gasteiger partial charge on any atom is -0.481 e. The fourth-order valence-corrected chi connectivity index (χ4v) is 4.24. The highest BCUT2D eigenvalue weighted by atomic mass is 19.4. The molecule has 0 saturated heterocycles. The predicted octanol–water partition coefficient (Wildman–Crippen LogP) is 6.86. The van der Waals surface area contributed by atoms with Crippen LogP contribution in [0.4, 0.5) is 22.0 Å². The van der Waals surface area contributed by atoms with Crippen molar-refractivity contribution in [1.29, 1.82) is 0 Å². The van der Waals surface area contributed by atoms with E-state index in [1.807, 2.05) is 0 Å². The highest BCUT2D eigenvalue weighted by Crippen LogP contribution is 2.34. The molecule has 3 aromatic carbocycles. The Labute approximate surface area is 220 Å². The molecule has 0 saturated carbocycles. The first kappa shape index (κ1) is 27.7. The molecule has 1 amide bonds. The Morgan fingerprint density at radius 2 is 1.56 bits per heavy atom. The fourth-order valence-electron chi connectivity index (χ4n) is 4.24. The van der Waals surface area contributed by atoms with Crippen molar-refractivity contribution in [1.82, 2.24) is 10.3 Å². The molecule has 1 unspecified atom stereocenters. The van der Waals surface area contributed by atoms with Crippen LogP contribution in [0.3, 0.4) is 0 Å². The molecule has 202 valence electrons. The topological polar surface area (TPSA) is 79.3 Å². The molecule has 0 radical (unpaired) electrons. The molecule has 39 heavy (non-hydrogen) atoms. The summed E-state index contributed by atoms with van der Waals surface area (Å²) in [6.45, 7) is -0.0526. The lowest BCUT2D eigenvalue weighted by Crippen LogP contribution is -2.26. The third kappa shape index (κ3) is 7.16. The Bertz CT molecular complexity index is 1500. The highest BCUT2D eigenvalue weighted by molar-refractivity contribution is 5.94. The number of hydrogen-bond donors (Lipinski definition) is 2. The molecule has 1 atom stereocenters. The molecule has 0 fully saturated rings. The predicted molar refractivity (Wildman–Crippen MR) is 135 cm³/mol. The van der Waals surface area contributed by atoms with Crippen LogP contribution in [0.1, 0.15) is 46.8 Å². The lowest BCUT2D eigenvalue weighted by atomic mass is 9.89. The van der Waals surface area contributed by atoms with E-state index in [4.69, 9.17) is 5.11 Å². The number of alkyl halides is 3. The minimum atomic E-state index is -4.38. The molecular weight excluding hydrogens is 519 g/mol. The number of carbonyl (C=O) groups excluding carboxylic acids is 1. The number of nitrogens with zero attached hydrogens (tertiary/aromatic N) is 1. The van der Waals surface area contributed by atoms with E-state index in [1.54, 1.807) is 42.5 Å². The van der Waals surface area contributed by atoms with Crippen LogP contribution in [0.5, 0.6) is 0 Å². The largest absolute Gasteiger partial charge is 0.481 e. The Morgan fingerprint density at radius 3 is 2.23 bits per heavy atom. The van der Waals surface area contributed by atoms with Crippen LogP contribution >= 0.6 is 0 Å². The minimum absolute atomic E-state index is 0.0526. The zero-order chi connectivity index (χ0) is 28.2. The summed E-state index contributed by atoms with van der Waals surface area (Å²) < 4.78 is 66.4. The van der Waals surface area contributed by atoms with Gasteiger partial charge in [-0.3, -0.25) is 14.6 Å². The zero-order valence-corrected chi connectivity index (χ0v) is 20.4. The SMILES string of the molecule is O=C(O)CCNC(=O)c1ccc(C(CCC(F)(F)F)c2ccc3cc(-c4ccc(F)c(F)c4)ccc3n2)cc1. The Kier molecular flexibility index (Phi) is 8.23. The number of carboxylic acids is 1. The molecule has 10 heteroatoms. The summed E-state index contributed by atoms with van der Waals surface area (Å²) in [6.07, 6.45) is -5.92. The number of aliphatic carboxylic acids is 1. The van der Waals surface area contributed by atoms with Crippen molar-refractivity contribution in [2.45, 2.75) is 31.4 Å². The molecule has 0 aliphatic heterocycles. The highest BCUT2D eigenvalue weighted by Gasteiger charge is 2.30. The quantitative estimate of drug-likeness (QED) is 0.227. The third-order valence-corrected chi connectivity index (χ3v) is 6.24. The molecule has 5 nitrogen and oxygen atoms in total. The van der Waals surface area contributed by atoms with Crippen molar-refractivity contribution in [3.05, 3.63) is 101 Å². The van der Waals surface area contributed by atoms with E-state index in [0.717, 1.165) is 12.1 Å². The second-order valence-electron chi connectivity index (χ2n) is 9.00. The van der Waals surface area contributed by atoms with Crippen LogP contribution in [-0.2, 0) is 4.79 Å². The number of nitrogens with one attached hydrogen (secondary N) is 1. The molecule has 1 aromatic heterocycles. The van der Waals surface area contributed by atoms with Gasteiger partial charge < -0.3 is 10.4 Å². The lowest BCUT2D eigenvalue weighted by Gasteiger charge is -2.19.